The Morgan fingerprint density at radius 2 is 2.16 bits per heavy atom. The van der Waals surface area contributed by atoms with Crippen LogP contribution >= 0.6 is 0 Å². The molecule has 0 amide bonds. The second-order valence-electron chi connectivity index (χ2n) is 4.11. The molecule has 1 heterocycles. The van der Waals surface area contributed by atoms with Gasteiger partial charge < -0.3 is 9.84 Å². The first-order chi connectivity index (χ1) is 9.15. The van der Waals surface area contributed by atoms with Crippen molar-refractivity contribution in [3.8, 4) is 5.69 Å². The Balaban J connectivity index is 2.44. The van der Waals surface area contributed by atoms with E-state index in [9.17, 15) is 4.79 Å². The topological polar surface area (TPSA) is 77.2 Å². The summed E-state index contributed by atoms with van der Waals surface area (Å²) in [7, 11) is 1.64. The monoisotopic (exact) mass is 261 g/mol. The van der Waals surface area contributed by atoms with Gasteiger partial charge in [0.1, 0.15) is 0 Å². The van der Waals surface area contributed by atoms with Crippen molar-refractivity contribution in [2.45, 2.75) is 13.3 Å². The van der Waals surface area contributed by atoms with Gasteiger partial charge in [0.25, 0.3) is 0 Å². The lowest BCUT2D eigenvalue weighted by Gasteiger charge is -2.09. The van der Waals surface area contributed by atoms with Gasteiger partial charge in [-0.25, -0.2) is 9.48 Å². The van der Waals surface area contributed by atoms with E-state index in [4.69, 9.17) is 9.84 Å². The molecule has 1 N–H and O–H groups in total. The first-order valence-electron chi connectivity index (χ1n) is 5.88. The van der Waals surface area contributed by atoms with E-state index in [0.717, 1.165) is 17.7 Å². The van der Waals surface area contributed by atoms with E-state index in [-0.39, 0.29) is 5.69 Å². The number of carboxylic acid groups (broad SMARTS) is 1. The lowest BCUT2D eigenvalue weighted by molar-refractivity contribution is 0.0689. The molecule has 0 fully saturated rings. The van der Waals surface area contributed by atoms with E-state index in [1.807, 2.05) is 24.3 Å². The van der Waals surface area contributed by atoms with Gasteiger partial charge >= 0.3 is 5.97 Å². The quantitative estimate of drug-likeness (QED) is 0.881. The molecular formula is C13H15N3O3. The Hall–Kier alpha value is -2.21. The number of nitrogens with zero attached hydrogens (tertiary/aromatic N) is 3. The normalized spacial score (nSPS) is 10.6. The van der Waals surface area contributed by atoms with Gasteiger partial charge in [-0.05, 0) is 25.0 Å². The summed E-state index contributed by atoms with van der Waals surface area (Å²) < 4.78 is 6.62. The summed E-state index contributed by atoms with van der Waals surface area (Å²) in [4.78, 5) is 11.0. The Labute approximate surface area is 110 Å². The van der Waals surface area contributed by atoms with Gasteiger partial charge in [-0.3, -0.25) is 0 Å². The molecule has 0 aliphatic carbocycles. The van der Waals surface area contributed by atoms with Crippen LogP contribution in [0.5, 0.6) is 0 Å². The third-order valence-electron chi connectivity index (χ3n) is 2.89. The van der Waals surface area contributed by atoms with Crippen LogP contribution in [-0.4, -0.2) is 39.8 Å². The molecule has 0 saturated heterocycles. The molecule has 19 heavy (non-hydrogen) atoms. The minimum Gasteiger partial charge on any atom is -0.476 e. The average molecular weight is 261 g/mol. The van der Waals surface area contributed by atoms with Crippen molar-refractivity contribution in [3.05, 3.63) is 41.2 Å². The van der Waals surface area contributed by atoms with Crippen LogP contribution in [0.25, 0.3) is 5.69 Å². The molecule has 0 unspecified atom stereocenters. The Bertz CT molecular complexity index is 593. The van der Waals surface area contributed by atoms with Crippen LogP contribution < -0.4 is 0 Å². The fraction of sp³-hybridized carbons (Fsp3) is 0.308. The molecule has 0 aliphatic heterocycles. The van der Waals surface area contributed by atoms with Crippen molar-refractivity contribution >= 4 is 5.97 Å². The molecule has 2 aromatic rings. The number of para-hydroxylation sites is 1. The highest BCUT2D eigenvalue weighted by molar-refractivity contribution is 5.86. The molecule has 2 rings (SSSR count). The van der Waals surface area contributed by atoms with Crippen molar-refractivity contribution in [1.29, 1.82) is 0 Å². The minimum absolute atomic E-state index is 0.0263. The van der Waals surface area contributed by atoms with E-state index in [2.05, 4.69) is 10.3 Å². The highest BCUT2D eigenvalue weighted by atomic mass is 16.5. The highest BCUT2D eigenvalue weighted by Crippen LogP contribution is 2.17. The molecule has 6 heteroatoms. The number of aromatic carboxylic acids is 1. The third kappa shape index (κ3) is 2.63. The minimum atomic E-state index is -1.07. The first kappa shape index (κ1) is 13.2. The van der Waals surface area contributed by atoms with E-state index in [1.54, 1.807) is 18.7 Å². The SMILES string of the molecule is COCCc1ccccc1-n1nnc(C(=O)O)c1C. The predicted molar refractivity (Wildman–Crippen MR) is 68.6 cm³/mol. The number of methoxy groups -OCH3 is 1. The molecule has 1 aromatic carbocycles. The van der Waals surface area contributed by atoms with Crippen molar-refractivity contribution in [1.82, 2.24) is 15.0 Å². The Morgan fingerprint density at radius 3 is 2.79 bits per heavy atom. The Morgan fingerprint density at radius 1 is 1.42 bits per heavy atom. The summed E-state index contributed by atoms with van der Waals surface area (Å²) in [6, 6.07) is 7.67. The fourth-order valence-corrected chi connectivity index (χ4v) is 1.90. The first-order valence-corrected chi connectivity index (χ1v) is 5.88. The number of aromatic nitrogens is 3. The van der Waals surface area contributed by atoms with Gasteiger partial charge in [0, 0.05) is 7.11 Å². The van der Waals surface area contributed by atoms with Gasteiger partial charge in [-0.2, -0.15) is 0 Å². The summed E-state index contributed by atoms with van der Waals surface area (Å²) in [5, 5.41) is 16.6. The number of hydrogen-bond acceptors (Lipinski definition) is 4. The predicted octanol–water partition coefficient (Wildman–Crippen LogP) is 1.46. The molecule has 0 radical (unpaired) electrons. The van der Waals surface area contributed by atoms with Gasteiger partial charge in [0.05, 0.1) is 18.0 Å². The zero-order chi connectivity index (χ0) is 13.8. The van der Waals surface area contributed by atoms with E-state index >= 15 is 0 Å². The number of carboxylic acids is 1. The standard InChI is InChI=1S/C13H15N3O3/c1-9-12(13(17)18)14-15-16(9)11-6-4-3-5-10(11)7-8-19-2/h3-6H,7-8H2,1-2H3,(H,17,18). The largest absolute Gasteiger partial charge is 0.476 e. The molecule has 0 atom stereocenters. The van der Waals surface area contributed by atoms with Crippen LogP contribution in [0.1, 0.15) is 21.7 Å². The van der Waals surface area contributed by atoms with Gasteiger partial charge in [0.15, 0.2) is 5.69 Å². The van der Waals surface area contributed by atoms with Crippen LogP contribution in [0.2, 0.25) is 0 Å². The molecule has 0 saturated carbocycles. The molecule has 0 aliphatic rings. The summed E-state index contributed by atoms with van der Waals surface area (Å²) in [5.74, 6) is -1.07. The molecule has 0 bridgehead atoms. The van der Waals surface area contributed by atoms with Crippen molar-refractivity contribution in [2.75, 3.05) is 13.7 Å². The van der Waals surface area contributed by atoms with Gasteiger partial charge in [-0.1, -0.05) is 23.4 Å². The lowest BCUT2D eigenvalue weighted by Crippen LogP contribution is -2.06. The molecular weight excluding hydrogens is 246 g/mol. The molecule has 1 aromatic heterocycles. The number of hydrogen-bond donors (Lipinski definition) is 1. The summed E-state index contributed by atoms with van der Waals surface area (Å²) in [6.45, 7) is 2.28. The van der Waals surface area contributed by atoms with Crippen LogP contribution in [0.3, 0.4) is 0 Å². The molecule has 100 valence electrons. The van der Waals surface area contributed by atoms with Crippen LogP contribution in [-0.2, 0) is 11.2 Å². The molecule has 0 spiro atoms. The van der Waals surface area contributed by atoms with Crippen molar-refractivity contribution < 1.29 is 14.6 Å². The van der Waals surface area contributed by atoms with E-state index < -0.39 is 5.97 Å². The smallest absolute Gasteiger partial charge is 0.358 e. The van der Waals surface area contributed by atoms with Crippen LogP contribution in [0.4, 0.5) is 0 Å². The number of benzene rings is 1. The summed E-state index contributed by atoms with van der Waals surface area (Å²) in [6.07, 6.45) is 0.731. The highest BCUT2D eigenvalue weighted by Gasteiger charge is 2.17. The van der Waals surface area contributed by atoms with Crippen LogP contribution in [0, 0.1) is 6.92 Å². The zero-order valence-electron chi connectivity index (χ0n) is 10.8. The second kappa shape index (κ2) is 5.62. The third-order valence-corrected chi connectivity index (χ3v) is 2.89. The lowest BCUT2D eigenvalue weighted by atomic mass is 10.1. The second-order valence-corrected chi connectivity index (χ2v) is 4.11. The maximum atomic E-state index is 11.0. The van der Waals surface area contributed by atoms with Gasteiger partial charge in [0.2, 0.25) is 0 Å². The maximum absolute atomic E-state index is 11.0. The van der Waals surface area contributed by atoms with E-state index in [1.165, 1.54) is 0 Å². The number of carbonyl (C=O) groups is 1. The summed E-state index contributed by atoms with van der Waals surface area (Å²) in [5.41, 5.74) is 2.35. The Kier molecular flexibility index (Phi) is 3.91. The maximum Gasteiger partial charge on any atom is 0.358 e. The van der Waals surface area contributed by atoms with E-state index in [0.29, 0.717) is 12.3 Å². The number of rotatable bonds is 5. The average Bonchev–Trinajstić information content (AvgIpc) is 2.78. The van der Waals surface area contributed by atoms with Crippen LogP contribution in [0.15, 0.2) is 24.3 Å². The van der Waals surface area contributed by atoms with Gasteiger partial charge in [-0.15, -0.1) is 5.10 Å². The van der Waals surface area contributed by atoms with Crippen molar-refractivity contribution in [2.24, 2.45) is 0 Å². The zero-order valence-corrected chi connectivity index (χ0v) is 10.8. The van der Waals surface area contributed by atoms with Crippen molar-refractivity contribution in [3.63, 3.8) is 0 Å². The fourth-order valence-electron chi connectivity index (χ4n) is 1.90. The molecule has 6 nitrogen and oxygen atoms in total. The number of ether oxygens (including phenoxy) is 1. The summed E-state index contributed by atoms with van der Waals surface area (Å²) >= 11 is 0.